The predicted molar refractivity (Wildman–Crippen MR) is 130 cm³/mol. The van der Waals surface area contributed by atoms with Gasteiger partial charge in [-0.3, -0.25) is 14.5 Å². The molecule has 1 aliphatic heterocycles. The normalized spacial score (nSPS) is 14.5. The van der Waals surface area contributed by atoms with E-state index in [4.69, 9.17) is 4.52 Å². The Hall–Kier alpha value is -3.92. The summed E-state index contributed by atoms with van der Waals surface area (Å²) in [6, 6.07) is 15.1. The van der Waals surface area contributed by atoms with Crippen LogP contribution in [0.2, 0.25) is 0 Å². The Balaban J connectivity index is 1.08. The number of rotatable bonds is 7. The van der Waals surface area contributed by atoms with Crippen LogP contribution in [0.15, 0.2) is 57.8 Å². The molecule has 1 amide bonds. The third-order valence-electron chi connectivity index (χ3n) is 6.28. The van der Waals surface area contributed by atoms with Gasteiger partial charge in [-0.2, -0.15) is 4.98 Å². The van der Waals surface area contributed by atoms with Crippen LogP contribution in [0.25, 0.3) is 22.3 Å². The van der Waals surface area contributed by atoms with E-state index in [1.807, 2.05) is 31.2 Å². The highest BCUT2D eigenvalue weighted by Crippen LogP contribution is 2.17. The largest absolute Gasteiger partial charge is 0.339 e. The van der Waals surface area contributed by atoms with Gasteiger partial charge in [0.2, 0.25) is 17.6 Å². The van der Waals surface area contributed by atoms with Crippen LogP contribution in [0.1, 0.15) is 17.9 Å². The summed E-state index contributed by atoms with van der Waals surface area (Å²) in [5, 5.41) is 12.5. The van der Waals surface area contributed by atoms with Crippen molar-refractivity contribution in [3.63, 3.8) is 0 Å². The van der Waals surface area contributed by atoms with Crippen molar-refractivity contribution in [3.8, 4) is 11.4 Å². The van der Waals surface area contributed by atoms with Crippen molar-refractivity contribution in [1.29, 1.82) is 0 Å². The Morgan fingerprint density at radius 1 is 1.03 bits per heavy atom. The molecule has 35 heavy (non-hydrogen) atoms. The van der Waals surface area contributed by atoms with Gasteiger partial charge in [0, 0.05) is 38.2 Å². The molecule has 3 heterocycles. The molecule has 1 fully saturated rings. The van der Waals surface area contributed by atoms with Gasteiger partial charge in [-0.25, -0.2) is 4.68 Å². The van der Waals surface area contributed by atoms with Gasteiger partial charge in [0.1, 0.15) is 12.1 Å². The molecule has 5 rings (SSSR count). The van der Waals surface area contributed by atoms with Crippen LogP contribution >= 0.6 is 0 Å². The fourth-order valence-corrected chi connectivity index (χ4v) is 4.21. The van der Waals surface area contributed by atoms with Crippen molar-refractivity contribution in [2.45, 2.75) is 26.3 Å². The Bertz CT molecular complexity index is 1370. The summed E-state index contributed by atoms with van der Waals surface area (Å²) in [7, 11) is 0. The van der Waals surface area contributed by atoms with Crippen LogP contribution in [0.3, 0.4) is 0 Å². The van der Waals surface area contributed by atoms with Gasteiger partial charge in [-0.1, -0.05) is 52.3 Å². The number of piperazine rings is 1. The quantitative estimate of drug-likeness (QED) is 0.400. The van der Waals surface area contributed by atoms with E-state index < -0.39 is 0 Å². The number of benzene rings is 2. The van der Waals surface area contributed by atoms with E-state index in [2.05, 4.69) is 25.4 Å². The third kappa shape index (κ3) is 5.27. The minimum Gasteiger partial charge on any atom is -0.339 e. The average molecular weight is 474 g/mol. The summed E-state index contributed by atoms with van der Waals surface area (Å²) >= 11 is 0. The van der Waals surface area contributed by atoms with Crippen LogP contribution in [0.4, 0.5) is 0 Å². The van der Waals surface area contributed by atoms with Crippen molar-refractivity contribution in [2.24, 2.45) is 0 Å². The summed E-state index contributed by atoms with van der Waals surface area (Å²) in [6.45, 7) is 5.63. The van der Waals surface area contributed by atoms with E-state index in [1.165, 1.54) is 5.56 Å². The zero-order valence-corrected chi connectivity index (χ0v) is 19.6. The number of carbonyl (C=O) groups excluding carboxylic acids is 1. The lowest BCUT2D eigenvalue weighted by atomic mass is 10.1. The Morgan fingerprint density at radius 3 is 2.60 bits per heavy atom. The van der Waals surface area contributed by atoms with Crippen molar-refractivity contribution in [2.75, 3.05) is 32.7 Å². The van der Waals surface area contributed by atoms with E-state index in [-0.39, 0.29) is 18.0 Å². The van der Waals surface area contributed by atoms with Gasteiger partial charge in [-0.05, 0) is 32.0 Å². The minimum absolute atomic E-state index is 0.100. The van der Waals surface area contributed by atoms with Crippen LogP contribution in [-0.2, 0) is 17.8 Å². The second-order valence-corrected chi connectivity index (χ2v) is 8.77. The maximum atomic E-state index is 12.8. The van der Waals surface area contributed by atoms with Crippen LogP contribution in [-0.4, -0.2) is 73.6 Å². The Kier molecular flexibility index (Phi) is 6.62. The molecule has 0 spiro atoms. The van der Waals surface area contributed by atoms with Gasteiger partial charge in [0.05, 0.1) is 5.39 Å². The highest BCUT2D eigenvalue weighted by atomic mass is 16.5. The van der Waals surface area contributed by atoms with E-state index in [0.717, 1.165) is 36.3 Å². The number of hydrogen-bond acceptors (Lipinski definition) is 8. The maximum Gasteiger partial charge on any atom is 0.278 e. The molecular weight excluding hydrogens is 446 g/mol. The summed E-state index contributed by atoms with van der Waals surface area (Å²) < 4.78 is 6.55. The molecule has 0 bridgehead atoms. The number of aromatic nitrogens is 5. The van der Waals surface area contributed by atoms with Gasteiger partial charge in [-0.15, -0.1) is 5.10 Å². The first-order chi connectivity index (χ1) is 17.1. The lowest BCUT2D eigenvalue weighted by molar-refractivity contribution is -0.133. The summed E-state index contributed by atoms with van der Waals surface area (Å²) in [4.78, 5) is 34.0. The topological polar surface area (TPSA) is 110 Å². The molecule has 1 saturated heterocycles. The first-order valence-corrected chi connectivity index (χ1v) is 11.8. The molecule has 2 aromatic heterocycles. The Labute approximate surface area is 202 Å². The standard InChI is InChI=1S/C25H27N7O3/c1-18-8-10-19(11-9-18)24-26-22(35-28-24)7-4-12-30-13-15-31(16-14-30)23(33)17-32-25(34)20-5-2-3-6-21(20)27-29-32/h2-3,5-6,8-11H,4,7,12-17H2,1H3. The van der Waals surface area contributed by atoms with Crippen LogP contribution in [0.5, 0.6) is 0 Å². The predicted octanol–water partition coefficient (Wildman–Crippen LogP) is 1.93. The zero-order chi connectivity index (χ0) is 24.2. The highest BCUT2D eigenvalue weighted by Gasteiger charge is 2.22. The number of hydrogen-bond donors (Lipinski definition) is 0. The molecule has 0 aliphatic carbocycles. The highest BCUT2D eigenvalue weighted by molar-refractivity contribution is 5.78. The number of amides is 1. The third-order valence-corrected chi connectivity index (χ3v) is 6.28. The molecule has 0 atom stereocenters. The lowest BCUT2D eigenvalue weighted by Crippen LogP contribution is -2.50. The number of aryl methyl sites for hydroxylation is 2. The molecule has 0 unspecified atom stereocenters. The van der Waals surface area contributed by atoms with Crippen molar-refractivity contribution in [1.82, 2.24) is 34.9 Å². The molecule has 10 heteroatoms. The fraction of sp³-hybridized carbons (Fsp3) is 0.360. The second kappa shape index (κ2) is 10.1. The van der Waals surface area contributed by atoms with Crippen molar-refractivity contribution < 1.29 is 9.32 Å². The van der Waals surface area contributed by atoms with Crippen molar-refractivity contribution in [3.05, 3.63) is 70.3 Å². The van der Waals surface area contributed by atoms with Gasteiger partial charge < -0.3 is 9.42 Å². The monoisotopic (exact) mass is 473 g/mol. The van der Waals surface area contributed by atoms with Gasteiger partial charge in [0.15, 0.2) is 0 Å². The first-order valence-electron chi connectivity index (χ1n) is 11.8. The maximum absolute atomic E-state index is 12.8. The average Bonchev–Trinajstić information content (AvgIpc) is 3.35. The molecule has 4 aromatic rings. The summed E-state index contributed by atoms with van der Waals surface area (Å²) in [6.07, 6.45) is 1.60. The fourth-order valence-electron chi connectivity index (χ4n) is 4.21. The van der Waals surface area contributed by atoms with E-state index in [9.17, 15) is 9.59 Å². The van der Waals surface area contributed by atoms with Crippen LogP contribution in [0, 0.1) is 6.92 Å². The van der Waals surface area contributed by atoms with Crippen molar-refractivity contribution >= 4 is 16.8 Å². The molecule has 1 aliphatic rings. The molecule has 2 aromatic carbocycles. The van der Waals surface area contributed by atoms with Gasteiger partial charge >= 0.3 is 0 Å². The Morgan fingerprint density at radius 2 is 1.80 bits per heavy atom. The lowest BCUT2D eigenvalue weighted by Gasteiger charge is -2.34. The van der Waals surface area contributed by atoms with E-state index in [0.29, 0.717) is 42.1 Å². The second-order valence-electron chi connectivity index (χ2n) is 8.77. The minimum atomic E-state index is -0.297. The molecule has 0 radical (unpaired) electrons. The SMILES string of the molecule is Cc1ccc(-c2noc(CCCN3CCN(C(=O)Cn4nnc5ccccc5c4=O)CC3)n2)cc1. The smallest absolute Gasteiger partial charge is 0.278 e. The van der Waals surface area contributed by atoms with E-state index in [1.54, 1.807) is 29.2 Å². The molecular formula is C25H27N7O3. The summed E-state index contributed by atoms with van der Waals surface area (Å²) in [5.74, 6) is 1.13. The first kappa shape index (κ1) is 22.9. The molecule has 180 valence electrons. The van der Waals surface area contributed by atoms with Crippen LogP contribution < -0.4 is 5.56 Å². The van der Waals surface area contributed by atoms with E-state index >= 15 is 0 Å². The molecule has 0 N–H and O–H groups in total. The number of fused-ring (bicyclic) bond motifs is 1. The molecule has 0 saturated carbocycles. The number of nitrogens with zero attached hydrogens (tertiary/aromatic N) is 7. The molecule has 10 nitrogen and oxygen atoms in total. The van der Waals surface area contributed by atoms with Gasteiger partial charge in [0.25, 0.3) is 5.56 Å². The number of carbonyl (C=O) groups is 1. The summed E-state index contributed by atoms with van der Waals surface area (Å²) in [5.41, 5.74) is 2.37. The zero-order valence-electron chi connectivity index (χ0n) is 19.6.